The average Bonchev–Trinajstić information content (AvgIpc) is 2.73. The van der Waals surface area contributed by atoms with E-state index in [1.807, 2.05) is 36.4 Å². The number of unbranched alkanes of at least 4 members (excludes halogenated alkanes) is 5. The van der Waals surface area contributed by atoms with Gasteiger partial charge in [-0.1, -0.05) is 75.4 Å². The highest BCUT2D eigenvalue weighted by molar-refractivity contribution is 7.99. The molecule has 0 fully saturated rings. The highest BCUT2D eigenvalue weighted by Crippen LogP contribution is 2.25. The molecule has 0 aromatic heterocycles. The summed E-state index contributed by atoms with van der Waals surface area (Å²) in [5, 5.41) is 7.20. The number of benzene rings is 2. The smallest absolute Gasteiger partial charge is 0.413 e. The van der Waals surface area contributed by atoms with Gasteiger partial charge in [-0.15, -0.1) is 11.8 Å². The molecule has 0 atom stereocenters. The summed E-state index contributed by atoms with van der Waals surface area (Å²) >= 11 is 1.35. The first-order valence-corrected chi connectivity index (χ1v) is 11.3. The van der Waals surface area contributed by atoms with Crippen LogP contribution in [0.1, 0.15) is 45.4 Å². The monoisotopic (exact) mass is 418 g/mol. The molecule has 0 saturated heterocycles. The molecule has 0 saturated carbocycles. The van der Waals surface area contributed by atoms with Crippen LogP contribution in [0.2, 0.25) is 0 Å². The summed E-state index contributed by atoms with van der Waals surface area (Å²) < 4.78 is 10.5. The zero-order valence-corrected chi connectivity index (χ0v) is 17.8. The molecule has 0 heterocycles. The van der Waals surface area contributed by atoms with Gasteiger partial charge in [-0.25, -0.2) is 9.59 Å². The molecule has 2 aromatic rings. The number of rotatable bonds is 12. The van der Waals surface area contributed by atoms with E-state index in [0.717, 1.165) is 23.6 Å². The second kappa shape index (κ2) is 13.7. The molecular formula is C22H30N2O4S. The second-order valence-electron chi connectivity index (χ2n) is 6.62. The van der Waals surface area contributed by atoms with Gasteiger partial charge in [0.2, 0.25) is 0 Å². The van der Waals surface area contributed by atoms with E-state index in [-0.39, 0.29) is 0 Å². The molecule has 2 N–H and O–H groups in total. The molecule has 2 amide bonds. The predicted octanol–water partition coefficient (Wildman–Crippen LogP) is 5.66. The van der Waals surface area contributed by atoms with Crippen molar-refractivity contribution < 1.29 is 19.1 Å². The molecule has 7 heteroatoms. The first-order chi connectivity index (χ1) is 14.2. The van der Waals surface area contributed by atoms with Crippen molar-refractivity contribution in [3.63, 3.8) is 0 Å². The Morgan fingerprint density at radius 2 is 1.55 bits per heavy atom. The van der Waals surface area contributed by atoms with Crippen molar-refractivity contribution >= 4 is 34.7 Å². The standard InChI is InChI=1S/C22H30N2O4S/c1-2-3-4-5-6-9-15-27-21(25)23-16-29-17-24-22(26)28-20-14-10-12-18-11-7-8-13-19(18)20/h7-8,10-14H,2-6,9,15-17H2,1H3,(H,23,25)(H,24,26). The molecule has 2 rings (SSSR count). The Hall–Kier alpha value is -2.41. The number of nitrogens with one attached hydrogen (secondary N) is 2. The van der Waals surface area contributed by atoms with E-state index in [4.69, 9.17) is 9.47 Å². The minimum atomic E-state index is -0.528. The summed E-state index contributed by atoms with van der Waals surface area (Å²) in [5.41, 5.74) is 0. The van der Waals surface area contributed by atoms with Gasteiger partial charge >= 0.3 is 12.2 Å². The van der Waals surface area contributed by atoms with Crippen LogP contribution in [0.5, 0.6) is 5.75 Å². The van der Waals surface area contributed by atoms with Crippen LogP contribution in [0.4, 0.5) is 9.59 Å². The molecule has 6 nitrogen and oxygen atoms in total. The van der Waals surface area contributed by atoms with Crippen LogP contribution in [0.15, 0.2) is 42.5 Å². The molecule has 0 aliphatic rings. The molecule has 29 heavy (non-hydrogen) atoms. The largest absolute Gasteiger partial charge is 0.450 e. The van der Waals surface area contributed by atoms with E-state index in [1.165, 1.54) is 37.4 Å². The Bertz CT molecular complexity index is 764. The number of carbonyl (C=O) groups excluding carboxylic acids is 2. The van der Waals surface area contributed by atoms with Crippen LogP contribution < -0.4 is 15.4 Å². The number of amides is 2. The molecule has 0 spiro atoms. The highest BCUT2D eigenvalue weighted by Gasteiger charge is 2.07. The van der Waals surface area contributed by atoms with Crippen LogP contribution in [-0.4, -0.2) is 30.5 Å². The van der Waals surface area contributed by atoms with Crippen LogP contribution in [0.3, 0.4) is 0 Å². The van der Waals surface area contributed by atoms with Gasteiger partial charge in [0.1, 0.15) is 5.75 Å². The zero-order valence-electron chi connectivity index (χ0n) is 16.9. The topological polar surface area (TPSA) is 76.7 Å². The molecular weight excluding hydrogens is 388 g/mol. The van der Waals surface area contributed by atoms with Crippen molar-refractivity contribution in [1.29, 1.82) is 0 Å². The van der Waals surface area contributed by atoms with Crippen molar-refractivity contribution in [2.24, 2.45) is 0 Å². The van der Waals surface area contributed by atoms with E-state index >= 15 is 0 Å². The van der Waals surface area contributed by atoms with Crippen LogP contribution in [0, 0.1) is 0 Å². The van der Waals surface area contributed by atoms with E-state index in [0.29, 0.717) is 24.1 Å². The summed E-state index contributed by atoms with van der Waals surface area (Å²) in [6.07, 6.45) is 5.96. The number of carbonyl (C=O) groups is 2. The normalized spacial score (nSPS) is 10.5. The van der Waals surface area contributed by atoms with Crippen molar-refractivity contribution in [1.82, 2.24) is 10.6 Å². The number of alkyl carbamates (subject to hydrolysis) is 1. The number of hydrogen-bond acceptors (Lipinski definition) is 5. The third kappa shape index (κ3) is 9.09. The van der Waals surface area contributed by atoms with Gasteiger partial charge in [0, 0.05) is 5.39 Å². The summed E-state index contributed by atoms with van der Waals surface area (Å²) in [4.78, 5) is 23.5. The quantitative estimate of drug-likeness (QED) is 0.343. The van der Waals surface area contributed by atoms with Crippen molar-refractivity contribution in [2.45, 2.75) is 45.4 Å². The van der Waals surface area contributed by atoms with Gasteiger partial charge in [-0.2, -0.15) is 0 Å². The van der Waals surface area contributed by atoms with Gasteiger partial charge in [-0.3, -0.25) is 0 Å². The Kier molecular flexibility index (Phi) is 10.8. The Morgan fingerprint density at radius 1 is 0.862 bits per heavy atom. The minimum absolute atomic E-state index is 0.321. The molecule has 0 unspecified atom stereocenters. The Balaban J connectivity index is 1.53. The summed E-state index contributed by atoms with van der Waals surface area (Å²) in [6.45, 7) is 2.63. The number of thioether (sulfide) groups is 1. The van der Waals surface area contributed by atoms with E-state index in [2.05, 4.69) is 17.6 Å². The maximum absolute atomic E-state index is 12.0. The van der Waals surface area contributed by atoms with Crippen LogP contribution in [-0.2, 0) is 4.74 Å². The molecule has 0 radical (unpaired) electrons. The maximum Gasteiger partial charge on any atom is 0.413 e. The fraction of sp³-hybridized carbons (Fsp3) is 0.455. The fourth-order valence-corrected chi connectivity index (χ4v) is 3.33. The number of ether oxygens (including phenoxy) is 2. The fourth-order valence-electron chi connectivity index (χ4n) is 2.79. The summed E-state index contributed by atoms with van der Waals surface area (Å²) in [7, 11) is 0. The lowest BCUT2D eigenvalue weighted by Gasteiger charge is -2.09. The third-order valence-corrected chi connectivity index (χ3v) is 5.02. The Labute approximate surface area is 176 Å². The SMILES string of the molecule is CCCCCCCCOC(=O)NCSCNC(=O)Oc1cccc2ccccc12. The number of fused-ring (bicyclic) bond motifs is 1. The maximum atomic E-state index is 12.0. The summed E-state index contributed by atoms with van der Waals surface area (Å²) in [5.74, 6) is 1.19. The summed E-state index contributed by atoms with van der Waals surface area (Å²) in [6, 6.07) is 13.3. The number of hydrogen-bond donors (Lipinski definition) is 2. The lowest BCUT2D eigenvalue weighted by Crippen LogP contribution is -2.29. The van der Waals surface area contributed by atoms with E-state index < -0.39 is 12.2 Å². The Morgan fingerprint density at radius 3 is 2.38 bits per heavy atom. The van der Waals surface area contributed by atoms with Gasteiger partial charge in [0.15, 0.2) is 0 Å². The first kappa shape index (κ1) is 22.9. The van der Waals surface area contributed by atoms with Crippen LogP contribution in [0.25, 0.3) is 10.8 Å². The molecule has 158 valence electrons. The van der Waals surface area contributed by atoms with E-state index in [9.17, 15) is 9.59 Å². The van der Waals surface area contributed by atoms with Crippen molar-refractivity contribution in [3.05, 3.63) is 42.5 Å². The molecule has 2 aromatic carbocycles. The average molecular weight is 419 g/mol. The van der Waals surface area contributed by atoms with Gasteiger partial charge in [-0.05, 0) is 17.9 Å². The molecule has 0 bridgehead atoms. The molecule has 0 aliphatic carbocycles. The lowest BCUT2D eigenvalue weighted by molar-refractivity contribution is 0.145. The highest BCUT2D eigenvalue weighted by atomic mass is 32.2. The van der Waals surface area contributed by atoms with Crippen molar-refractivity contribution in [3.8, 4) is 5.75 Å². The first-order valence-electron chi connectivity index (χ1n) is 10.1. The van der Waals surface area contributed by atoms with Crippen molar-refractivity contribution in [2.75, 3.05) is 18.4 Å². The van der Waals surface area contributed by atoms with E-state index in [1.54, 1.807) is 6.07 Å². The molecule has 0 aliphatic heterocycles. The van der Waals surface area contributed by atoms with Gasteiger partial charge < -0.3 is 20.1 Å². The second-order valence-corrected chi connectivity index (χ2v) is 7.60. The van der Waals surface area contributed by atoms with Gasteiger partial charge in [0.05, 0.1) is 18.4 Å². The lowest BCUT2D eigenvalue weighted by atomic mass is 10.1. The van der Waals surface area contributed by atoms with Gasteiger partial charge in [0.25, 0.3) is 0 Å². The predicted molar refractivity (Wildman–Crippen MR) is 118 cm³/mol. The zero-order chi connectivity index (χ0) is 20.7. The minimum Gasteiger partial charge on any atom is -0.450 e. The third-order valence-electron chi connectivity index (χ3n) is 4.32. The van der Waals surface area contributed by atoms with Crippen LogP contribution >= 0.6 is 11.8 Å².